The number of carbonyl (C=O) groups excluding carboxylic acids is 10. The summed E-state index contributed by atoms with van der Waals surface area (Å²) < 4.78 is 48.0. The van der Waals surface area contributed by atoms with Gasteiger partial charge in [-0.3, -0.25) is 53.0 Å². The van der Waals surface area contributed by atoms with Gasteiger partial charge in [0.05, 0.1) is 41.6 Å². The van der Waals surface area contributed by atoms with E-state index in [1.54, 1.807) is 96.2 Å². The Balaban J connectivity index is 0.837. The number of unbranched alkanes of at least 4 members (excludes halogenated alkanes) is 2. The first-order valence-corrected chi connectivity index (χ1v) is 36.7. The van der Waals surface area contributed by atoms with E-state index in [9.17, 15) is 63.3 Å². The number of phenolic OH excluding ortho intramolecular Hbond substituents is 1. The molecule has 30 heteroatoms. The molecule has 0 aliphatic carbocycles. The lowest BCUT2D eigenvalue weighted by Crippen LogP contribution is -2.46. The van der Waals surface area contributed by atoms with Crippen LogP contribution < -0.4 is 41.9 Å². The quantitative estimate of drug-likeness (QED) is 0.00675. The molecule has 0 unspecified atom stereocenters. The number of methoxy groups -OCH3 is 1. The maximum Gasteiger partial charge on any atom is 0.509 e. The van der Waals surface area contributed by atoms with Crippen LogP contribution in [0.25, 0.3) is 33.0 Å². The van der Waals surface area contributed by atoms with Gasteiger partial charge < -0.3 is 79.9 Å². The fourth-order valence-electron chi connectivity index (χ4n) is 14.0. The number of aliphatic hydroxyl groups is 2. The standard InChI is InChI=1S/C79H98N8O22/c1-41(2)64(84-58(90)20-13-12-14-33-87-59(91)27-28-60(87)92)55(89)37-50(19-16-32-81-77(80)100)76(99)82-51-23-21-49(22-24-51)39-103-78(101)104-40-86-34-29-52(30-35-86)107-53-25-26-54-57(38-53)108-73-65(83-54)61-62-69(95)47(8)72-63(61)74(97)79(10,109-72)105-36-31-56(102-11)44(5)71(106-48(9)88)46(7)68(94)45(6)67(93)42(3)17-15-18-43(4)75(98)85-66(73)70(62)96/h15,17-18,21-28,31,36,38,41-42,44-46,50,52,56,64,67-68,71,93-94,96H,12-14,16,19-20,29-30,32-35,37,39-40H2,1-11H3,(H,82,99)(H,84,90)(H,85,98)(H3,80,81,100)/b17-15+,36-31+,43-18-/t42-,44+,45+,46+,50+,56-,64-,67-,68+,71+,79-/m0/s1. The average molecular weight is 1510 g/mol. The van der Waals surface area contributed by atoms with Gasteiger partial charge in [-0.25, -0.2) is 14.6 Å². The lowest BCUT2D eigenvalue weighted by molar-refractivity contribution is -0.160. The van der Waals surface area contributed by atoms with Crippen LogP contribution in [0.1, 0.15) is 142 Å². The Morgan fingerprint density at radius 3 is 2.24 bits per heavy atom. The van der Waals surface area contributed by atoms with Crippen molar-refractivity contribution in [3.8, 4) is 17.2 Å². The zero-order valence-electron chi connectivity index (χ0n) is 63.1. The third-order valence-electron chi connectivity index (χ3n) is 20.4. The number of ketones is 2. The molecule has 4 bridgehead atoms. The van der Waals surface area contributed by atoms with Gasteiger partial charge in [-0.15, -0.1) is 0 Å². The number of hydrogen-bond donors (Lipinski definition) is 8. The number of aromatic hydroxyl groups is 1. The summed E-state index contributed by atoms with van der Waals surface area (Å²) in [5.74, 6) is -10.6. The summed E-state index contributed by atoms with van der Waals surface area (Å²) in [4.78, 5) is 153. The number of rotatable bonds is 25. The molecule has 4 aromatic carbocycles. The second-order valence-electron chi connectivity index (χ2n) is 28.9. The molecule has 0 radical (unpaired) electrons. The number of carbonyl (C=O) groups is 10. The molecule has 1 saturated heterocycles. The fourth-order valence-corrected chi connectivity index (χ4v) is 14.0. The van der Waals surface area contributed by atoms with Crippen molar-refractivity contribution in [1.29, 1.82) is 0 Å². The van der Waals surface area contributed by atoms with Crippen LogP contribution in [0.5, 0.6) is 17.2 Å². The molecular formula is C79H98N8O22. The highest BCUT2D eigenvalue weighted by Crippen LogP contribution is 2.49. The minimum Gasteiger partial charge on any atom is -0.505 e. The van der Waals surface area contributed by atoms with Crippen molar-refractivity contribution in [3.63, 3.8) is 0 Å². The number of fused-ring (bicyclic) bond motifs is 2. The van der Waals surface area contributed by atoms with E-state index in [2.05, 4.69) is 21.3 Å². The number of Topliss-reactive ketones (excluding diaryl/α,β-unsaturated/α-hetero) is 2. The fraction of sp³-hybridized carbons (Fsp3) is 0.494. The Bertz CT molecular complexity index is 4450. The number of allylic oxidation sites excluding steroid dienone is 2. The Labute approximate surface area is 630 Å². The molecule has 0 saturated carbocycles. The van der Waals surface area contributed by atoms with Crippen LogP contribution >= 0.6 is 0 Å². The molecule has 30 nitrogen and oxygen atoms in total. The monoisotopic (exact) mass is 1510 g/mol. The lowest BCUT2D eigenvalue weighted by atomic mass is 9.78. The van der Waals surface area contributed by atoms with E-state index in [0.717, 1.165) is 4.90 Å². The van der Waals surface area contributed by atoms with E-state index in [4.69, 9.17) is 48.3 Å². The average Bonchev–Trinajstić information content (AvgIpc) is 1.64. The summed E-state index contributed by atoms with van der Waals surface area (Å²) in [6.45, 7) is 17.0. The summed E-state index contributed by atoms with van der Waals surface area (Å²) in [5, 5.41) is 46.0. The number of ether oxygens (including phenoxy) is 7. The van der Waals surface area contributed by atoms with Crippen molar-refractivity contribution < 1.29 is 101 Å². The van der Waals surface area contributed by atoms with Crippen LogP contribution in [-0.4, -0.2) is 172 Å². The number of aromatic nitrogens is 1. The Morgan fingerprint density at radius 2 is 1.57 bits per heavy atom. The number of benzene rings is 4. The highest BCUT2D eigenvalue weighted by molar-refractivity contribution is 6.26. The van der Waals surface area contributed by atoms with Crippen molar-refractivity contribution in [1.82, 2.24) is 25.4 Å². The first-order chi connectivity index (χ1) is 51.8. The third kappa shape index (κ3) is 20.0. The van der Waals surface area contributed by atoms with Crippen molar-refractivity contribution in [2.45, 2.75) is 176 Å². The van der Waals surface area contributed by atoms with Crippen molar-refractivity contribution in [2.75, 3.05) is 50.7 Å². The first kappa shape index (κ1) is 82.5. The number of amides is 7. The van der Waals surface area contributed by atoms with Gasteiger partial charge in [-0.05, 0) is 94.2 Å². The van der Waals surface area contributed by atoms with Crippen LogP contribution in [0, 0.1) is 42.4 Å². The number of likely N-dealkylation sites (tertiary alicyclic amines) is 1. The second kappa shape index (κ2) is 36.6. The van der Waals surface area contributed by atoms with Gasteiger partial charge in [0.2, 0.25) is 11.8 Å². The number of phenols is 1. The van der Waals surface area contributed by atoms with Gasteiger partial charge in [0.1, 0.15) is 53.8 Å². The molecule has 1 aromatic heterocycles. The smallest absolute Gasteiger partial charge is 0.505 e. The largest absolute Gasteiger partial charge is 0.509 e. The molecule has 109 heavy (non-hydrogen) atoms. The van der Waals surface area contributed by atoms with Crippen molar-refractivity contribution in [2.24, 2.45) is 41.2 Å². The van der Waals surface area contributed by atoms with Crippen LogP contribution in [0.3, 0.4) is 0 Å². The predicted molar refractivity (Wildman–Crippen MR) is 399 cm³/mol. The van der Waals surface area contributed by atoms with E-state index in [1.807, 2.05) is 4.90 Å². The number of nitrogens with zero attached hydrogens (tertiary/aromatic N) is 3. The molecule has 9 rings (SSSR count). The summed E-state index contributed by atoms with van der Waals surface area (Å²) in [7, 11) is 1.42. The summed E-state index contributed by atoms with van der Waals surface area (Å²) >= 11 is 0. The van der Waals surface area contributed by atoms with Crippen LogP contribution in [0.15, 0.2) is 100.0 Å². The van der Waals surface area contributed by atoms with E-state index in [0.29, 0.717) is 68.6 Å². The maximum absolute atomic E-state index is 15.0. The van der Waals surface area contributed by atoms with Gasteiger partial charge in [0.15, 0.2) is 28.1 Å². The minimum atomic E-state index is -2.13. The molecule has 586 valence electrons. The number of aliphatic hydroxyl groups excluding tert-OH is 2. The van der Waals surface area contributed by atoms with Gasteiger partial charge in [-0.2, -0.15) is 0 Å². The number of anilines is 2. The lowest BCUT2D eigenvalue weighted by Gasteiger charge is -2.38. The normalized spacial score (nSPS) is 23.9. The zero-order valence-corrected chi connectivity index (χ0v) is 63.1. The molecule has 4 aliphatic rings. The van der Waals surface area contributed by atoms with Crippen LogP contribution in [-0.2, 0) is 63.9 Å². The Hall–Kier alpha value is -10.6. The van der Waals surface area contributed by atoms with Gasteiger partial charge in [-0.1, -0.05) is 78.3 Å². The number of urea groups is 1. The molecular weight excluding hydrogens is 1410 g/mol. The number of primary amides is 1. The van der Waals surface area contributed by atoms with Crippen LogP contribution in [0.4, 0.5) is 21.0 Å². The molecule has 4 aliphatic heterocycles. The summed E-state index contributed by atoms with van der Waals surface area (Å²) in [6, 6.07) is 9.73. The molecule has 5 aromatic rings. The zero-order chi connectivity index (χ0) is 79.3. The number of nitrogens with two attached hydrogens (primary N) is 1. The number of imide groups is 1. The Kier molecular flexibility index (Phi) is 27.7. The molecule has 9 N–H and O–H groups in total. The van der Waals surface area contributed by atoms with Gasteiger partial charge >= 0.3 is 23.9 Å². The number of nitrogens with one attached hydrogen (secondary N) is 4. The van der Waals surface area contributed by atoms with E-state index in [1.165, 1.54) is 65.4 Å². The summed E-state index contributed by atoms with van der Waals surface area (Å²) in [6.07, 6.45) is 7.39. The molecule has 5 heterocycles. The van der Waals surface area contributed by atoms with Crippen molar-refractivity contribution >= 4 is 104 Å². The molecule has 11 atom stereocenters. The third-order valence-corrected chi connectivity index (χ3v) is 20.4. The predicted octanol–water partition coefficient (Wildman–Crippen LogP) is 8.74. The SMILES string of the molecule is CO[C@H]1/C=C/O[C@@]2(C)Oc3c(C)c(=O)c4c(O)c(c5oc6cc(OC7CCN(COC(=O)OCc8ccc(NC(=O)[C@H](CCCNC(N)=O)CC(=O)[C@@H](NC(=O)CCCCCN9C(=O)C=CC9=O)C(C)C)cc8)CC7)ccc6nc5c4c3C2=O)NC(=O)/C(C)=C\C=C\[C@H](C)[C@H](O)[C@@H](C)[C@@H](O)[C@@H](C)[C@H](OC(C)=O)[C@@H]1C. The first-order valence-electron chi connectivity index (χ1n) is 36.7. The molecule has 0 spiro atoms. The Morgan fingerprint density at radius 1 is 0.862 bits per heavy atom. The topological polar surface area (TPSA) is 420 Å². The summed E-state index contributed by atoms with van der Waals surface area (Å²) in [5.41, 5.74) is 5.03. The van der Waals surface area contributed by atoms with E-state index in [-0.39, 0.29) is 142 Å². The van der Waals surface area contributed by atoms with E-state index >= 15 is 4.79 Å². The minimum absolute atomic E-state index is 0.0647. The highest BCUT2D eigenvalue weighted by Gasteiger charge is 2.50. The number of hydrogen-bond acceptors (Lipinski definition) is 24. The van der Waals surface area contributed by atoms with Gasteiger partial charge in [0.25, 0.3) is 23.5 Å². The van der Waals surface area contributed by atoms with Crippen LogP contribution in [0.2, 0.25) is 0 Å². The second-order valence-corrected chi connectivity index (χ2v) is 28.9. The van der Waals surface area contributed by atoms with E-state index < -0.39 is 113 Å². The number of esters is 1. The molecule has 1 fully saturated rings. The highest BCUT2D eigenvalue weighted by atomic mass is 16.7. The number of piperidine rings is 1. The molecule has 7 amide bonds. The maximum atomic E-state index is 15.0. The van der Waals surface area contributed by atoms with Gasteiger partial charge in [0, 0.05) is 130 Å². The van der Waals surface area contributed by atoms with Crippen molar-refractivity contribution in [3.05, 3.63) is 118 Å².